The lowest BCUT2D eigenvalue weighted by Gasteiger charge is -2.12. The van der Waals surface area contributed by atoms with Crippen molar-refractivity contribution in [1.82, 2.24) is 0 Å². The second kappa shape index (κ2) is 8.58. The molecule has 0 spiro atoms. The predicted molar refractivity (Wildman–Crippen MR) is 99.2 cm³/mol. The summed E-state index contributed by atoms with van der Waals surface area (Å²) >= 11 is 0. The molecular formula is C22H25NO2. The Hall–Kier alpha value is -2.47. The molecule has 0 saturated heterocycles. The van der Waals surface area contributed by atoms with Crippen LogP contribution >= 0.6 is 0 Å². The number of rotatable bonds is 8. The van der Waals surface area contributed by atoms with Crippen LogP contribution in [0.15, 0.2) is 36.4 Å². The van der Waals surface area contributed by atoms with Crippen LogP contribution in [0.1, 0.15) is 48.4 Å². The second-order valence-electron chi connectivity index (χ2n) is 6.52. The summed E-state index contributed by atoms with van der Waals surface area (Å²) in [5.74, 6) is 1.85. The van der Waals surface area contributed by atoms with E-state index in [-0.39, 0.29) is 0 Å². The molecule has 0 fully saturated rings. The molecule has 0 heterocycles. The number of aryl methyl sites for hydroxylation is 3. The van der Waals surface area contributed by atoms with Crippen LogP contribution in [0.4, 0.5) is 0 Å². The van der Waals surface area contributed by atoms with Gasteiger partial charge >= 0.3 is 0 Å². The summed E-state index contributed by atoms with van der Waals surface area (Å²) in [4.78, 5) is 0. The van der Waals surface area contributed by atoms with Crippen molar-refractivity contribution in [1.29, 1.82) is 5.26 Å². The van der Waals surface area contributed by atoms with E-state index in [0.717, 1.165) is 36.3 Å². The lowest BCUT2D eigenvalue weighted by molar-refractivity contribution is 0.246. The molecule has 3 rings (SSSR count). The van der Waals surface area contributed by atoms with E-state index in [4.69, 9.17) is 14.7 Å². The fourth-order valence-corrected chi connectivity index (χ4v) is 3.32. The summed E-state index contributed by atoms with van der Waals surface area (Å²) in [5, 5.41) is 9.03. The van der Waals surface area contributed by atoms with E-state index in [1.54, 1.807) is 0 Å². The smallest absolute Gasteiger partial charge is 0.122 e. The molecule has 2 aromatic carbocycles. The monoisotopic (exact) mass is 335 g/mol. The van der Waals surface area contributed by atoms with E-state index in [2.05, 4.69) is 31.2 Å². The normalized spacial score (nSPS) is 12.5. The van der Waals surface area contributed by atoms with Crippen LogP contribution in [-0.4, -0.2) is 13.2 Å². The summed E-state index contributed by atoms with van der Waals surface area (Å²) < 4.78 is 11.8. The van der Waals surface area contributed by atoms with Crippen LogP contribution in [-0.2, 0) is 19.3 Å². The first-order chi connectivity index (χ1) is 12.3. The molecule has 0 radical (unpaired) electrons. The van der Waals surface area contributed by atoms with Gasteiger partial charge in [0.25, 0.3) is 0 Å². The first kappa shape index (κ1) is 17.4. The Balaban J connectivity index is 1.46. The quantitative estimate of drug-likeness (QED) is 0.648. The van der Waals surface area contributed by atoms with Gasteiger partial charge in [0, 0.05) is 6.42 Å². The predicted octanol–water partition coefficient (Wildman–Crippen LogP) is 4.85. The molecule has 3 heteroatoms. The molecule has 130 valence electrons. The van der Waals surface area contributed by atoms with Crippen LogP contribution in [0.25, 0.3) is 0 Å². The highest BCUT2D eigenvalue weighted by atomic mass is 16.5. The lowest BCUT2D eigenvalue weighted by Crippen LogP contribution is -2.06. The van der Waals surface area contributed by atoms with Gasteiger partial charge in [-0.15, -0.1) is 0 Å². The third-order valence-electron chi connectivity index (χ3n) is 4.59. The molecule has 2 aromatic rings. The van der Waals surface area contributed by atoms with E-state index in [9.17, 15) is 0 Å². The number of hydrogen-bond acceptors (Lipinski definition) is 3. The Bertz CT molecular complexity index is 761. The van der Waals surface area contributed by atoms with Gasteiger partial charge in [0.05, 0.1) is 24.8 Å². The Morgan fingerprint density at radius 2 is 1.84 bits per heavy atom. The molecule has 0 aromatic heterocycles. The fourth-order valence-electron chi connectivity index (χ4n) is 3.32. The van der Waals surface area contributed by atoms with Gasteiger partial charge in [-0.2, -0.15) is 5.26 Å². The van der Waals surface area contributed by atoms with Gasteiger partial charge in [-0.25, -0.2) is 0 Å². The molecule has 25 heavy (non-hydrogen) atoms. The van der Waals surface area contributed by atoms with Crippen molar-refractivity contribution in [2.24, 2.45) is 0 Å². The molecule has 0 aliphatic heterocycles. The van der Waals surface area contributed by atoms with Crippen molar-refractivity contribution in [3.05, 3.63) is 58.7 Å². The van der Waals surface area contributed by atoms with Gasteiger partial charge < -0.3 is 9.47 Å². The number of ether oxygens (including phenoxy) is 2. The first-order valence-electron chi connectivity index (χ1n) is 9.20. The number of nitrogens with zero attached hydrogens (tertiary/aromatic N) is 1. The zero-order valence-electron chi connectivity index (χ0n) is 14.9. The summed E-state index contributed by atoms with van der Waals surface area (Å²) in [7, 11) is 0. The number of nitriles is 1. The zero-order valence-corrected chi connectivity index (χ0v) is 14.9. The molecule has 0 amide bonds. The average Bonchev–Trinajstić information content (AvgIpc) is 3.10. The van der Waals surface area contributed by atoms with E-state index in [1.165, 1.54) is 30.4 Å². The van der Waals surface area contributed by atoms with Crippen LogP contribution < -0.4 is 9.47 Å². The van der Waals surface area contributed by atoms with Crippen molar-refractivity contribution in [3.8, 4) is 17.6 Å². The van der Waals surface area contributed by atoms with Gasteiger partial charge in [-0.05, 0) is 72.7 Å². The van der Waals surface area contributed by atoms with E-state index >= 15 is 0 Å². The largest absolute Gasteiger partial charge is 0.493 e. The van der Waals surface area contributed by atoms with Crippen molar-refractivity contribution < 1.29 is 9.47 Å². The first-order valence-corrected chi connectivity index (χ1v) is 9.20. The Morgan fingerprint density at radius 1 is 1.00 bits per heavy atom. The summed E-state index contributed by atoms with van der Waals surface area (Å²) in [6.45, 7) is 3.40. The van der Waals surface area contributed by atoms with E-state index < -0.39 is 0 Å². The Kier molecular flexibility index (Phi) is 5.95. The SMILES string of the molecule is CCCc1cc(C#N)ccc1OCCCOc1ccc2c(c1)CCC2. The Labute approximate surface area is 150 Å². The Morgan fingerprint density at radius 3 is 2.68 bits per heavy atom. The molecular weight excluding hydrogens is 310 g/mol. The highest BCUT2D eigenvalue weighted by Crippen LogP contribution is 2.26. The van der Waals surface area contributed by atoms with Gasteiger partial charge in [0.2, 0.25) is 0 Å². The zero-order chi connectivity index (χ0) is 17.5. The minimum Gasteiger partial charge on any atom is -0.493 e. The standard InChI is InChI=1S/C22H25NO2/c1-2-5-20-14-17(16-23)8-11-22(20)25-13-4-12-24-21-10-9-18-6-3-7-19(18)15-21/h8-11,14-15H,2-7,12-13H2,1H3. The lowest BCUT2D eigenvalue weighted by atomic mass is 10.1. The van der Waals surface area contributed by atoms with E-state index in [1.807, 2.05) is 18.2 Å². The van der Waals surface area contributed by atoms with Crippen molar-refractivity contribution in [3.63, 3.8) is 0 Å². The summed E-state index contributed by atoms with van der Waals surface area (Å²) in [6, 6.07) is 14.3. The van der Waals surface area contributed by atoms with E-state index in [0.29, 0.717) is 18.8 Å². The highest BCUT2D eigenvalue weighted by molar-refractivity contribution is 5.42. The van der Waals surface area contributed by atoms with Gasteiger partial charge in [0.1, 0.15) is 11.5 Å². The van der Waals surface area contributed by atoms with Crippen molar-refractivity contribution in [2.45, 2.75) is 45.4 Å². The molecule has 1 aliphatic carbocycles. The van der Waals surface area contributed by atoms with Crippen molar-refractivity contribution in [2.75, 3.05) is 13.2 Å². The minimum absolute atomic E-state index is 0.619. The maximum absolute atomic E-state index is 9.03. The fraction of sp³-hybridized carbons (Fsp3) is 0.409. The molecule has 0 N–H and O–H groups in total. The summed E-state index contributed by atoms with van der Waals surface area (Å²) in [5.41, 5.74) is 4.72. The summed E-state index contributed by atoms with van der Waals surface area (Å²) in [6.07, 6.45) is 6.44. The molecule has 0 atom stereocenters. The average molecular weight is 335 g/mol. The van der Waals surface area contributed by atoms with Crippen LogP contribution in [0.3, 0.4) is 0 Å². The van der Waals surface area contributed by atoms with Gasteiger partial charge in [-0.1, -0.05) is 19.4 Å². The molecule has 0 unspecified atom stereocenters. The molecule has 1 aliphatic rings. The topological polar surface area (TPSA) is 42.2 Å². The second-order valence-corrected chi connectivity index (χ2v) is 6.52. The molecule has 3 nitrogen and oxygen atoms in total. The maximum atomic E-state index is 9.03. The van der Waals surface area contributed by atoms with Gasteiger partial charge in [-0.3, -0.25) is 0 Å². The highest BCUT2D eigenvalue weighted by Gasteiger charge is 2.11. The maximum Gasteiger partial charge on any atom is 0.122 e. The van der Waals surface area contributed by atoms with Gasteiger partial charge in [0.15, 0.2) is 0 Å². The third kappa shape index (κ3) is 4.54. The third-order valence-corrected chi connectivity index (χ3v) is 4.59. The molecule has 0 saturated carbocycles. The number of hydrogen-bond donors (Lipinski definition) is 0. The molecule has 0 bridgehead atoms. The van der Waals surface area contributed by atoms with Crippen LogP contribution in [0, 0.1) is 11.3 Å². The number of fused-ring (bicyclic) bond motifs is 1. The van der Waals surface area contributed by atoms with Crippen LogP contribution in [0.2, 0.25) is 0 Å². The number of benzene rings is 2. The van der Waals surface area contributed by atoms with Crippen molar-refractivity contribution >= 4 is 0 Å². The minimum atomic E-state index is 0.619. The van der Waals surface area contributed by atoms with Crippen LogP contribution in [0.5, 0.6) is 11.5 Å².